The number of amides is 2. The van der Waals surface area contributed by atoms with Gasteiger partial charge in [0.05, 0.1) is 6.04 Å². The molecule has 7 nitrogen and oxygen atoms in total. The number of likely N-dealkylation sites (tertiary alicyclic amines) is 1. The minimum absolute atomic E-state index is 0.0229. The standard InChI is InChI=1S/C27H33N3O4/c1-4-21(31)19(13-16-9-7-11-22(16)32)29-25(33)24-23-17(27(23,2)3)14-30(24)26(34)20-12-15-8-5-6-10-18(15)28-20/h5-6,8,10,12,16-17,19,23-24,28H,4,7,9,11,13-14H2,1-3H3,(H,29,33)/t16-,17-,19-,23-,24-/m0/s1. The number of benzene rings is 1. The number of rotatable bonds is 7. The molecule has 2 heterocycles. The highest BCUT2D eigenvalue weighted by Crippen LogP contribution is 2.65. The van der Waals surface area contributed by atoms with Crippen LogP contribution in [0.1, 0.15) is 63.4 Å². The second kappa shape index (κ2) is 8.36. The summed E-state index contributed by atoms with van der Waals surface area (Å²) in [7, 11) is 0. The summed E-state index contributed by atoms with van der Waals surface area (Å²) in [6.07, 6.45) is 2.83. The first-order chi connectivity index (χ1) is 16.2. The lowest BCUT2D eigenvalue weighted by molar-refractivity contribution is -0.131. The van der Waals surface area contributed by atoms with Crippen LogP contribution in [0.5, 0.6) is 0 Å². The molecule has 3 aliphatic rings. The fourth-order valence-electron chi connectivity index (χ4n) is 6.33. The van der Waals surface area contributed by atoms with Crippen molar-refractivity contribution >= 4 is 34.3 Å². The molecule has 1 saturated heterocycles. The van der Waals surface area contributed by atoms with Crippen LogP contribution in [0.2, 0.25) is 0 Å². The molecule has 7 heteroatoms. The van der Waals surface area contributed by atoms with Crippen LogP contribution in [0.25, 0.3) is 10.9 Å². The first-order valence-corrected chi connectivity index (χ1v) is 12.5. The first kappa shape index (κ1) is 22.8. The number of hydrogen-bond donors (Lipinski definition) is 2. The van der Waals surface area contributed by atoms with E-state index < -0.39 is 12.1 Å². The second-order valence-electron chi connectivity index (χ2n) is 10.8. The number of nitrogens with one attached hydrogen (secondary N) is 2. The maximum atomic E-state index is 13.6. The SMILES string of the molecule is CCC(=O)[C@H](C[C@@H]1CCCC1=O)NC(=O)[C@@H]1[C@@H]2[C@H](CN1C(=O)c1cc3ccccc3[nH]1)C2(C)C. The molecule has 1 aliphatic heterocycles. The zero-order valence-electron chi connectivity index (χ0n) is 20.1. The van der Waals surface area contributed by atoms with Gasteiger partial charge in [0.2, 0.25) is 5.91 Å². The van der Waals surface area contributed by atoms with E-state index in [1.807, 2.05) is 30.3 Å². The van der Waals surface area contributed by atoms with E-state index in [-0.39, 0.29) is 46.5 Å². The summed E-state index contributed by atoms with van der Waals surface area (Å²) in [6, 6.07) is 8.23. The number of aromatic amines is 1. The Morgan fingerprint density at radius 1 is 1.24 bits per heavy atom. The van der Waals surface area contributed by atoms with Crippen molar-refractivity contribution in [3.8, 4) is 0 Å². The first-order valence-electron chi connectivity index (χ1n) is 12.5. The third kappa shape index (κ3) is 3.75. The van der Waals surface area contributed by atoms with Gasteiger partial charge in [-0.05, 0) is 48.6 Å². The minimum Gasteiger partial charge on any atom is -0.351 e. The van der Waals surface area contributed by atoms with Crippen molar-refractivity contribution in [3.63, 3.8) is 0 Å². The van der Waals surface area contributed by atoms with Crippen molar-refractivity contribution in [2.45, 2.75) is 65.0 Å². The van der Waals surface area contributed by atoms with Crippen molar-refractivity contribution < 1.29 is 19.2 Å². The van der Waals surface area contributed by atoms with Gasteiger partial charge in [0.25, 0.3) is 5.91 Å². The fourth-order valence-corrected chi connectivity index (χ4v) is 6.33. The smallest absolute Gasteiger partial charge is 0.271 e. The molecule has 2 aliphatic carbocycles. The summed E-state index contributed by atoms with van der Waals surface area (Å²) in [6.45, 7) is 6.58. The Morgan fingerprint density at radius 2 is 2.00 bits per heavy atom. The predicted molar refractivity (Wildman–Crippen MR) is 128 cm³/mol. The minimum atomic E-state index is -0.685. The number of hydrogen-bond acceptors (Lipinski definition) is 4. The number of H-pyrrole nitrogens is 1. The average Bonchev–Trinajstić information content (AvgIpc) is 3.33. The van der Waals surface area contributed by atoms with Crippen LogP contribution < -0.4 is 5.32 Å². The zero-order valence-corrected chi connectivity index (χ0v) is 20.1. The summed E-state index contributed by atoms with van der Waals surface area (Å²) < 4.78 is 0. The van der Waals surface area contributed by atoms with Gasteiger partial charge < -0.3 is 15.2 Å². The average molecular weight is 464 g/mol. The van der Waals surface area contributed by atoms with E-state index in [0.29, 0.717) is 31.5 Å². The molecule has 5 rings (SSSR count). The molecule has 2 saturated carbocycles. The quantitative estimate of drug-likeness (QED) is 0.657. The topological polar surface area (TPSA) is 99.3 Å². The van der Waals surface area contributed by atoms with Gasteiger partial charge in [-0.2, -0.15) is 0 Å². The molecule has 0 bridgehead atoms. The molecule has 1 aromatic carbocycles. The van der Waals surface area contributed by atoms with Crippen molar-refractivity contribution in [3.05, 3.63) is 36.0 Å². The Labute approximate surface area is 199 Å². The normalized spacial score (nSPS) is 28.1. The third-order valence-corrected chi connectivity index (χ3v) is 8.50. The van der Waals surface area contributed by atoms with Gasteiger partial charge >= 0.3 is 0 Å². The van der Waals surface area contributed by atoms with E-state index in [0.717, 1.165) is 23.7 Å². The molecule has 2 N–H and O–H groups in total. The van der Waals surface area contributed by atoms with Crippen LogP contribution in [0.4, 0.5) is 0 Å². The van der Waals surface area contributed by atoms with Crippen LogP contribution in [0.3, 0.4) is 0 Å². The van der Waals surface area contributed by atoms with Gasteiger partial charge in [-0.25, -0.2) is 0 Å². The van der Waals surface area contributed by atoms with Gasteiger partial charge in [0.15, 0.2) is 5.78 Å². The number of piperidine rings is 1. The maximum absolute atomic E-state index is 13.6. The lowest BCUT2D eigenvalue weighted by atomic mass is 9.93. The Balaban J connectivity index is 1.38. The molecule has 0 unspecified atom stereocenters. The monoisotopic (exact) mass is 463 g/mol. The van der Waals surface area contributed by atoms with Gasteiger partial charge in [-0.3, -0.25) is 19.2 Å². The fraction of sp³-hybridized carbons (Fsp3) is 0.556. The second-order valence-corrected chi connectivity index (χ2v) is 10.8. The molecule has 2 aromatic rings. The van der Waals surface area contributed by atoms with E-state index in [9.17, 15) is 19.2 Å². The largest absolute Gasteiger partial charge is 0.351 e. The van der Waals surface area contributed by atoms with Crippen LogP contribution in [-0.4, -0.2) is 51.9 Å². The Hall–Kier alpha value is -2.96. The molecule has 180 valence electrons. The van der Waals surface area contributed by atoms with E-state index in [2.05, 4.69) is 24.1 Å². The molecule has 0 radical (unpaired) electrons. The number of aromatic nitrogens is 1. The molecule has 2 amide bonds. The van der Waals surface area contributed by atoms with Crippen LogP contribution in [0.15, 0.2) is 30.3 Å². The Bertz CT molecular complexity index is 1130. The van der Waals surface area contributed by atoms with E-state index in [1.54, 1.807) is 11.8 Å². The molecule has 1 aromatic heterocycles. The van der Waals surface area contributed by atoms with Crippen LogP contribution in [-0.2, 0) is 14.4 Å². The van der Waals surface area contributed by atoms with Gasteiger partial charge in [-0.15, -0.1) is 0 Å². The highest BCUT2D eigenvalue weighted by molar-refractivity contribution is 6.01. The molecule has 34 heavy (non-hydrogen) atoms. The van der Waals surface area contributed by atoms with Gasteiger partial charge in [0, 0.05) is 36.2 Å². The van der Waals surface area contributed by atoms with Crippen molar-refractivity contribution in [2.24, 2.45) is 23.2 Å². The van der Waals surface area contributed by atoms with E-state index in [4.69, 9.17) is 0 Å². The number of para-hydroxylation sites is 1. The molecular formula is C27H33N3O4. The van der Waals surface area contributed by atoms with Gasteiger partial charge in [-0.1, -0.05) is 39.0 Å². The van der Waals surface area contributed by atoms with E-state index >= 15 is 0 Å². The summed E-state index contributed by atoms with van der Waals surface area (Å²) in [5.74, 6) is -0.198. The highest BCUT2D eigenvalue weighted by atomic mass is 16.2. The lowest BCUT2D eigenvalue weighted by Gasteiger charge is -2.31. The number of ketones is 2. The van der Waals surface area contributed by atoms with Crippen molar-refractivity contribution in [2.75, 3.05) is 6.54 Å². The number of fused-ring (bicyclic) bond motifs is 2. The molecule has 0 spiro atoms. The summed E-state index contributed by atoms with van der Waals surface area (Å²) in [4.78, 5) is 56.9. The summed E-state index contributed by atoms with van der Waals surface area (Å²) in [5, 5.41) is 3.92. The van der Waals surface area contributed by atoms with Crippen LogP contribution >= 0.6 is 0 Å². The van der Waals surface area contributed by atoms with Crippen LogP contribution in [0, 0.1) is 23.2 Å². The molecule has 3 fully saturated rings. The van der Waals surface area contributed by atoms with Crippen molar-refractivity contribution in [1.82, 2.24) is 15.2 Å². The maximum Gasteiger partial charge on any atom is 0.271 e. The molecular weight excluding hydrogens is 430 g/mol. The highest BCUT2D eigenvalue weighted by Gasteiger charge is 2.69. The number of Topliss-reactive ketones (excluding diaryl/α,β-unsaturated/α-hetero) is 2. The number of nitrogens with zero attached hydrogens (tertiary/aromatic N) is 1. The zero-order chi connectivity index (χ0) is 24.2. The lowest BCUT2D eigenvalue weighted by Crippen LogP contribution is -2.54. The Morgan fingerprint density at radius 3 is 2.68 bits per heavy atom. The predicted octanol–water partition coefficient (Wildman–Crippen LogP) is 3.49. The Kier molecular flexibility index (Phi) is 5.61. The summed E-state index contributed by atoms with van der Waals surface area (Å²) in [5.41, 5.74) is 1.33. The number of carbonyl (C=O) groups excluding carboxylic acids is 4. The molecule has 5 atom stereocenters. The van der Waals surface area contributed by atoms with E-state index in [1.165, 1.54) is 0 Å². The summed E-state index contributed by atoms with van der Waals surface area (Å²) >= 11 is 0. The number of carbonyl (C=O) groups is 4. The van der Waals surface area contributed by atoms with Crippen molar-refractivity contribution in [1.29, 1.82) is 0 Å². The van der Waals surface area contributed by atoms with Gasteiger partial charge in [0.1, 0.15) is 17.5 Å². The third-order valence-electron chi connectivity index (χ3n) is 8.50.